The van der Waals surface area contributed by atoms with Crippen LogP contribution in [-0.4, -0.2) is 30.9 Å². The number of aliphatic hydroxyl groups excluding tert-OH is 1. The van der Waals surface area contributed by atoms with Crippen LogP contribution in [0.2, 0.25) is 0 Å². The van der Waals surface area contributed by atoms with Crippen molar-refractivity contribution in [2.75, 3.05) is 6.01 Å². The Kier molecular flexibility index (Phi) is 4.84. The molecule has 1 N–H and O–H groups in total. The van der Waals surface area contributed by atoms with Gasteiger partial charge in [0.2, 0.25) is 0 Å². The van der Waals surface area contributed by atoms with Crippen LogP contribution >= 0.6 is 0 Å². The highest BCUT2D eigenvalue weighted by Gasteiger charge is 2.41. The molecule has 1 saturated carbocycles. The Bertz CT molecular complexity index is 916. The first kappa shape index (κ1) is 18.6. The second-order valence-electron chi connectivity index (χ2n) is 7.50. The normalized spacial score (nSPS) is 25.8. The maximum atomic E-state index is 14.0. The molecule has 0 radical (unpaired) electrons. The Balaban J connectivity index is 1.64. The number of aliphatic hydroxyl groups is 1. The van der Waals surface area contributed by atoms with Crippen LogP contribution < -0.4 is 4.74 Å². The fourth-order valence-electron chi connectivity index (χ4n) is 4.19. The molecule has 7 heteroatoms. The molecule has 27 heavy (non-hydrogen) atoms. The van der Waals surface area contributed by atoms with Gasteiger partial charge in [0.25, 0.3) is 0 Å². The van der Waals surface area contributed by atoms with Gasteiger partial charge in [0.05, 0.1) is 11.4 Å². The summed E-state index contributed by atoms with van der Waals surface area (Å²) in [7, 11) is -3.97. The first-order valence-electron chi connectivity index (χ1n) is 9.26. The highest BCUT2D eigenvalue weighted by molar-refractivity contribution is 7.92. The standard InChI is InChI=1S/C20H22F2O4S/c21-11-27(24,25)19-7-6-18(16-4-5-17(23)20(16)19)26-15-9-13(8-14(22)10-15)12-2-1-3-12/h6,8-10,12,17,19,23H,1-5,7,11H2/t17-,19?/m1/s1. The number of alkyl halides is 1. The molecular weight excluding hydrogens is 374 g/mol. The van der Waals surface area contributed by atoms with Gasteiger partial charge in [-0.3, -0.25) is 0 Å². The zero-order valence-electron chi connectivity index (χ0n) is 14.8. The molecule has 0 amide bonds. The third-order valence-electron chi connectivity index (χ3n) is 5.82. The molecule has 1 aromatic carbocycles. The van der Waals surface area contributed by atoms with Crippen molar-refractivity contribution in [2.45, 2.75) is 55.8 Å². The highest BCUT2D eigenvalue weighted by atomic mass is 32.2. The zero-order valence-corrected chi connectivity index (χ0v) is 15.6. The number of rotatable bonds is 5. The molecule has 3 aliphatic rings. The van der Waals surface area contributed by atoms with Crippen molar-refractivity contribution >= 4 is 9.84 Å². The fourth-order valence-corrected chi connectivity index (χ4v) is 5.42. The Morgan fingerprint density at radius 3 is 2.63 bits per heavy atom. The molecule has 146 valence electrons. The quantitative estimate of drug-likeness (QED) is 0.819. The van der Waals surface area contributed by atoms with E-state index in [9.17, 15) is 22.3 Å². The first-order valence-corrected chi connectivity index (χ1v) is 11.0. The molecule has 0 aromatic heterocycles. The highest BCUT2D eigenvalue weighted by Crippen LogP contribution is 2.42. The van der Waals surface area contributed by atoms with Gasteiger partial charge in [0.15, 0.2) is 15.8 Å². The summed E-state index contributed by atoms with van der Waals surface area (Å²) in [6.45, 7) is 0. The average Bonchev–Trinajstić information content (AvgIpc) is 2.95. The molecule has 1 unspecified atom stereocenters. The van der Waals surface area contributed by atoms with Crippen molar-refractivity contribution in [3.05, 3.63) is 52.6 Å². The van der Waals surface area contributed by atoms with Gasteiger partial charge < -0.3 is 9.84 Å². The monoisotopic (exact) mass is 396 g/mol. The van der Waals surface area contributed by atoms with Gasteiger partial charge >= 0.3 is 0 Å². The molecule has 2 atom stereocenters. The molecule has 0 saturated heterocycles. The number of allylic oxidation sites excluding steroid dienone is 2. The van der Waals surface area contributed by atoms with Crippen molar-refractivity contribution in [2.24, 2.45) is 0 Å². The molecule has 4 rings (SSSR count). The van der Waals surface area contributed by atoms with Gasteiger partial charge in [-0.2, -0.15) is 0 Å². The summed E-state index contributed by atoms with van der Waals surface area (Å²) in [6.07, 6.45) is 4.78. The summed E-state index contributed by atoms with van der Waals surface area (Å²) < 4.78 is 57.1. The first-order chi connectivity index (χ1) is 12.9. The summed E-state index contributed by atoms with van der Waals surface area (Å²) in [5.41, 5.74) is 1.84. The third kappa shape index (κ3) is 3.43. The summed E-state index contributed by atoms with van der Waals surface area (Å²) in [5, 5.41) is 9.20. The van der Waals surface area contributed by atoms with Crippen LogP contribution in [0.5, 0.6) is 5.75 Å². The van der Waals surface area contributed by atoms with Crippen molar-refractivity contribution in [1.29, 1.82) is 0 Å². The smallest absolute Gasteiger partial charge is 0.191 e. The largest absolute Gasteiger partial charge is 0.457 e. The van der Waals surface area contributed by atoms with E-state index >= 15 is 0 Å². The van der Waals surface area contributed by atoms with Crippen LogP contribution in [0.4, 0.5) is 8.78 Å². The van der Waals surface area contributed by atoms with Gasteiger partial charge in [-0.05, 0) is 72.9 Å². The third-order valence-corrected chi connectivity index (χ3v) is 7.44. The minimum atomic E-state index is -3.97. The number of ether oxygens (including phenoxy) is 1. The van der Waals surface area contributed by atoms with Crippen LogP contribution in [-0.2, 0) is 9.84 Å². The predicted octanol–water partition coefficient (Wildman–Crippen LogP) is 3.92. The molecule has 1 fully saturated rings. The second kappa shape index (κ2) is 7.02. The molecule has 0 heterocycles. The van der Waals surface area contributed by atoms with E-state index < -0.39 is 27.2 Å². The van der Waals surface area contributed by atoms with E-state index in [0.717, 1.165) is 24.8 Å². The second-order valence-corrected chi connectivity index (χ2v) is 9.62. The lowest BCUT2D eigenvalue weighted by atomic mass is 9.80. The topological polar surface area (TPSA) is 63.6 Å². The van der Waals surface area contributed by atoms with Gasteiger partial charge in [-0.15, -0.1) is 0 Å². The van der Waals surface area contributed by atoms with Crippen LogP contribution in [0, 0.1) is 5.82 Å². The lowest BCUT2D eigenvalue weighted by Gasteiger charge is -2.27. The lowest BCUT2D eigenvalue weighted by Crippen LogP contribution is -2.31. The number of halogens is 2. The van der Waals surface area contributed by atoms with Gasteiger partial charge in [-0.1, -0.05) is 6.42 Å². The minimum absolute atomic E-state index is 0.0439. The van der Waals surface area contributed by atoms with Crippen LogP contribution in [0.15, 0.2) is 41.2 Å². The SMILES string of the molecule is O=S(=O)(CF)C1CC=C(Oc2cc(F)cc(C3CCC3)c2)C2=C1[C@H](O)CC2. The number of sulfone groups is 1. The molecule has 3 aliphatic carbocycles. The van der Waals surface area contributed by atoms with E-state index in [1.807, 2.05) is 6.07 Å². The van der Waals surface area contributed by atoms with Crippen molar-refractivity contribution < 1.29 is 27.0 Å². The fraction of sp³-hybridized carbons (Fsp3) is 0.500. The van der Waals surface area contributed by atoms with Crippen LogP contribution in [0.25, 0.3) is 0 Å². The van der Waals surface area contributed by atoms with E-state index in [4.69, 9.17) is 4.74 Å². The Morgan fingerprint density at radius 1 is 1.19 bits per heavy atom. The van der Waals surface area contributed by atoms with Gasteiger partial charge in [0.1, 0.15) is 17.3 Å². The van der Waals surface area contributed by atoms with Crippen molar-refractivity contribution in [1.82, 2.24) is 0 Å². The summed E-state index contributed by atoms with van der Waals surface area (Å²) in [6, 6.07) is 3.20. The summed E-state index contributed by atoms with van der Waals surface area (Å²) in [5.74, 6) is 0.787. The van der Waals surface area contributed by atoms with E-state index in [2.05, 4.69) is 0 Å². The summed E-state index contributed by atoms with van der Waals surface area (Å²) in [4.78, 5) is 0. The van der Waals surface area contributed by atoms with E-state index in [1.54, 1.807) is 6.08 Å². The Morgan fingerprint density at radius 2 is 1.96 bits per heavy atom. The number of benzene rings is 1. The van der Waals surface area contributed by atoms with E-state index in [-0.39, 0.29) is 12.2 Å². The maximum absolute atomic E-state index is 14.0. The van der Waals surface area contributed by atoms with Gasteiger partial charge in [0, 0.05) is 6.07 Å². The minimum Gasteiger partial charge on any atom is -0.457 e. The molecular formula is C20H22F2O4S. The molecule has 0 bridgehead atoms. The molecule has 0 spiro atoms. The van der Waals surface area contributed by atoms with Crippen molar-refractivity contribution in [3.63, 3.8) is 0 Å². The lowest BCUT2D eigenvalue weighted by molar-refractivity contribution is 0.208. The van der Waals surface area contributed by atoms with E-state index in [0.29, 0.717) is 41.4 Å². The van der Waals surface area contributed by atoms with Crippen LogP contribution in [0.1, 0.15) is 50.0 Å². The number of hydrogen-bond acceptors (Lipinski definition) is 4. The molecule has 0 aliphatic heterocycles. The summed E-state index contributed by atoms with van der Waals surface area (Å²) >= 11 is 0. The molecule has 1 aromatic rings. The predicted molar refractivity (Wildman–Crippen MR) is 97.3 cm³/mol. The number of hydrogen-bond donors (Lipinski definition) is 1. The van der Waals surface area contributed by atoms with Crippen molar-refractivity contribution in [3.8, 4) is 5.75 Å². The average molecular weight is 396 g/mol. The molecule has 4 nitrogen and oxygen atoms in total. The zero-order chi connectivity index (χ0) is 19.2. The Labute approximate surface area is 157 Å². The Hall–Kier alpha value is -1.73. The van der Waals surface area contributed by atoms with E-state index in [1.165, 1.54) is 12.1 Å². The van der Waals surface area contributed by atoms with Crippen LogP contribution in [0.3, 0.4) is 0 Å². The van der Waals surface area contributed by atoms with Gasteiger partial charge in [-0.25, -0.2) is 17.2 Å². The maximum Gasteiger partial charge on any atom is 0.191 e.